The SMILES string of the molecule is Cc1cc(C)n(C[C@H]2CCCCN2C(=O)c2ccc3n[nH]nc3c2)n1. The van der Waals surface area contributed by atoms with E-state index < -0.39 is 0 Å². The van der Waals surface area contributed by atoms with Crippen LogP contribution in [-0.2, 0) is 6.54 Å². The van der Waals surface area contributed by atoms with Crippen LogP contribution < -0.4 is 0 Å². The van der Waals surface area contributed by atoms with E-state index in [9.17, 15) is 4.79 Å². The molecule has 0 aliphatic carbocycles. The average molecular weight is 338 g/mol. The van der Waals surface area contributed by atoms with Gasteiger partial charge in [0, 0.05) is 17.8 Å². The van der Waals surface area contributed by atoms with Crippen LogP contribution in [0.4, 0.5) is 0 Å². The monoisotopic (exact) mass is 338 g/mol. The summed E-state index contributed by atoms with van der Waals surface area (Å²) in [4.78, 5) is 15.1. The van der Waals surface area contributed by atoms with E-state index in [2.05, 4.69) is 33.5 Å². The highest BCUT2D eigenvalue weighted by atomic mass is 16.2. The number of nitrogens with zero attached hydrogens (tertiary/aromatic N) is 5. The second-order valence-corrected chi connectivity index (χ2v) is 6.78. The Bertz CT molecular complexity index is 911. The van der Waals surface area contributed by atoms with E-state index in [1.54, 1.807) is 0 Å². The van der Waals surface area contributed by atoms with Crippen LogP contribution in [0, 0.1) is 13.8 Å². The number of rotatable bonds is 3. The maximum Gasteiger partial charge on any atom is 0.254 e. The lowest BCUT2D eigenvalue weighted by Gasteiger charge is -2.36. The predicted molar refractivity (Wildman–Crippen MR) is 94.3 cm³/mol. The Hall–Kier alpha value is -2.70. The molecule has 0 radical (unpaired) electrons. The first-order valence-corrected chi connectivity index (χ1v) is 8.74. The fraction of sp³-hybridized carbons (Fsp3) is 0.444. The van der Waals surface area contributed by atoms with Gasteiger partial charge in [0.2, 0.25) is 0 Å². The van der Waals surface area contributed by atoms with Crippen LogP contribution in [0.1, 0.15) is 41.0 Å². The summed E-state index contributed by atoms with van der Waals surface area (Å²) in [7, 11) is 0. The van der Waals surface area contributed by atoms with Crippen molar-refractivity contribution in [2.75, 3.05) is 6.54 Å². The number of aromatic nitrogens is 5. The minimum absolute atomic E-state index is 0.0659. The van der Waals surface area contributed by atoms with Crippen molar-refractivity contribution < 1.29 is 4.79 Å². The number of aryl methyl sites for hydroxylation is 2. The highest BCUT2D eigenvalue weighted by Crippen LogP contribution is 2.22. The second-order valence-electron chi connectivity index (χ2n) is 6.78. The molecule has 0 spiro atoms. The lowest BCUT2D eigenvalue weighted by Crippen LogP contribution is -2.46. The van der Waals surface area contributed by atoms with Crippen molar-refractivity contribution >= 4 is 16.9 Å². The maximum absolute atomic E-state index is 13.1. The zero-order chi connectivity index (χ0) is 17.4. The standard InChI is InChI=1S/C18H22N6O/c1-12-9-13(2)24(21-12)11-15-5-3-4-8-23(15)18(25)14-6-7-16-17(10-14)20-22-19-16/h6-7,9-10,15H,3-5,8,11H2,1-2H3,(H,19,20,22)/t15-/m1/s1. The second kappa shape index (κ2) is 6.31. The lowest BCUT2D eigenvalue weighted by molar-refractivity contribution is 0.0583. The van der Waals surface area contributed by atoms with Crippen molar-refractivity contribution in [2.45, 2.75) is 45.7 Å². The van der Waals surface area contributed by atoms with Gasteiger partial charge in [-0.2, -0.15) is 20.5 Å². The van der Waals surface area contributed by atoms with Crippen molar-refractivity contribution in [2.24, 2.45) is 0 Å². The molecule has 4 rings (SSSR count). The minimum atomic E-state index is 0.0659. The zero-order valence-electron chi connectivity index (χ0n) is 14.6. The van der Waals surface area contributed by atoms with Gasteiger partial charge < -0.3 is 4.90 Å². The Labute approximate surface area is 146 Å². The third-order valence-corrected chi connectivity index (χ3v) is 4.94. The molecule has 2 aromatic heterocycles. The number of piperidine rings is 1. The van der Waals surface area contributed by atoms with Gasteiger partial charge in [0.05, 0.1) is 18.3 Å². The largest absolute Gasteiger partial charge is 0.334 e. The number of aromatic amines is 1. The van der Waals surface area contributed by atoms with E-state index in [0.717, 1.165) is 54.8 Å². The lowest BCUT2D eigenvalue weighted by atomic mass is 10.0. The first-order valence-electron chi connectivity index (χ1n) is 8.74. The number of nitrogens with one attached hydrogen (secondary N) is 1. The van der Waals surface area contributed by atoms with Crippen LogP contribution in [0.2, 0.25) is 0 Å². The first kappa shape index (κ1) is 15.8. The van der Waals surface area contributed by atoms with Gasteiger partial charge in [-0.15, -0.1) is 0 Å². The summed E-state index contributed by atoms with van der Waals surface area (Å²) in [5, 5.41) is 15.3. The molecule has 1 saturated heterocycles. The zero-order valence-corrected chi connectivity index (χ0v) is 14.6. The van der Waals surface area contributed by atoms with Crippen LogP contribution in [0.5, 0.6) is 0 Å². The maximum atomic E-state index is 13.1. The summed E-state index contributed by atoms with van der Waals surface area (Å²) < 4.78 is 2.02. The Morgan fingerprint density at radius 2 is 2.04 bits per heavy atom. The fourth-order valence-electron chi connectivity index (χ4n) is 3.66. The molecule has 130 valence electrons. The van der Waals surface area contributed by atoms with E-state index in [-0.39, 0.29) is 11.9 Å². The number of amides is 1. The molecule has 1 atom stereocenters. The number of likely N-dealkylation sites (tertiary alicyclic amines) is 1. The topological polar surface area (TPSA) is 79.7 Å². The molecule has 7 heteroatoms. The number of H-pyrrole nitrogens is 1. The van der Waals surface area contributed by atoms with Crippen LogP contribution in [-0.4, -0.2) is 48.6 Å². The third kappa shape index (κ3) is 3.01. The summed E-state index contributed by atoms with van der Waals surface area (Å²) in [6.07, 6.45) is 3.21. The summed E-state index contributed by atoms with van der Waals surface area (Å²) in [6, 6.07) is 7.74. The average Bonchev–Trinajstić information content (AvgIpc) is 3.20. The molecule has 0 saturated carbocycles. The predicted octanol–water partition coefficient (Wildman–Crippen LogP) is 2.47. The number of carbonyl (C=O) groups is 1. The number of benzene rings is 1. The van der Waals surface area contributed by atoms with Crippen LogP contribution in [0.25, 0.3) is 11.0 Å². The number of hydrogen-bond acceptors (Lipinski definition) is 4. The molecular formula is C18H22N6O. The first-order chi connectivity index (χ1) is 12.1. The summed E-state index contributed by atoms with van der Waals surface area (Å²) >= 11 is 0. The van der Waals surface area contributed by atoms with Crippen molar-refractivity contribution in [1.82, 2.24) is 30.1 Å². The normalized spacial score (nSPS) is 18.0. The van der Waals surface area contributed by atoms with Crippen LogP contribution in [0.15, 0.2) is 24.3 Å². The number of fused-ring (bicyclic) bond motifs is 1. The molecule has 3 heterocycles. The van der Waals surface area contributed by atoms with Gasteiger partial charge in [0.25, 0.3) is 5.91 Å². The van der Waals surface area contributed by atoms with Crippen LogP contribution in [0.3, 0.4) is 0 Å². The highest BCUT2D eigenvalue weighted by Gasteiger charge is 2.28. The molecular weight excluding hydrogens is 316 g/mol. The Morgan fingerprint density at radius 1 is 1.20 bits per heavy atom. The Morgan fingerprint density at radius 3 is 2.84 bits per heavy atom. The molecule has 1 aromatic carbocycles. The van der Waals surface area contributed by atoms with Gasteiger partial charge in [-0.1, -0.05) is 0 Å². The number of carbonyl (C=O) groups excluding carboxylic acids is 1. The van der Waals surface area contributed by atoms with Crippen molar-refractivity contribution in [3.05, 3.63) is 41.2 Å². The van der Waals surface area contributed by atoms with E-state index in [4.69, 9.17) is 0 Å². The molecule has 0 unspecified atom stereocenters. The van der Waals surface area contributed by atoms with Gasteiger partial charge in [-0.05, 0) is 57.4 Å². The van der Waals surface area contributed by atoms with E-state index >= 15 is 0 Å². The Kier molecular flexibility index (Phi) is 3.99. The molecule has 1 fully saturated rings. The van der Waals surface area contributed by atoms with Gasteiger partial charge in [0.1, 0.15) is 11.0 Å². The van der Waals surface area contributed by atoms with Gasteiger partial charge in [-0.25, -0.2) is 0 Å². The minimum Gasteiger partial charge on any atom is -0.334 e. The van der Waals surface area contributed by atoms with Gasteiger partial charge in [-0.3, -0.25) is 9.48 Å². The Balaban J connectivity index is 1.59. The summed E-state index contributed by atoms with van der Waals surface area (Å²) in [5.41, 5.74) is 4.32. The molecule has 3 aromatic rings. The van der Waals surface area contributed by atoms with E-state index in [1.165, 1.54) is 0 Å². The van der Waals surface area contributed by atoms with Gasteiger partial charge >= 0.3 is 0 Å². The van der Waals surface area contributed by atoms with E-state index in [0.29, 0.717) is 5.56 Å². The quantitative estimate of drug-likeness (QED) is 0.795. The smallest absolute Gasteiger partial charge is 0.254 e. The fourth-order valence-corrected chi connectivity index (χ4v) is 3.66. The molecule has 1 N–H and O–H groups in total. The molecule has 1 aliphatic rings. The van der Waals surface area contributed by atoms with Gasteiger partial charge in [0.15, 0.2) is 0 Å². The molecule has 1 amide bonds. The van der Waals surface area contributed by atoms with Crippen molar-refractivity contribution in [3.63, 3.8) is 0 Å². The summed E-state index contributed by atoms with van der Waals surface area (Å²) in [6.45, 7) is 5.60. The van der Waals surface area contributed by atoms with Crippen LogP contribution >= 0.6 is 0 Å². The highest BCUT2D eigenvalue weighted by molar-refractivity contribution is 5.97. The molecule has 0 bridgehead atoms. The van der Waals surface area contributed by atoms with Crippen molar-refractivity contribution in [1.29, 1.82) is 0 Å². The van der Waals surface area contributed by atoms with E-state index in [1.807, 2.05) is 34.7 Å². The molecule has 7 nitrogen and oxygen atoms in total. The summed E-state index contributed by atoms with van der Waals surface area (Å²) in [5.74, 6) is 0.0659. The molecule has 1 aliphatic heterocycles. The number of hydrogen-bond donors (Lipinski definition) is 1. The molecule has 25 heavy (non-hydrogen) atoms. The van der Waals surface area contributed by atoms with Crippen molar-refractivity contribution in [3.8, 4) is 0 Å². The third-order valence-electron chi connectivity index (χ3n) is 4.94.